The van der Waals surface area contributed by atoms with E-state index in [1.807, 2.05) is 32.0 Å². The number of benzene rings is 2. The highest BCUT2D eigenvalue weighted by atomic mass is 35.5. The number of carbonyl (C=O) groups excluding carboxylic acids is 2. The second kappa shape index (κ2) is 10.8. The van der Waals surface area contributed by atoms with Gasteiger partial charge in [-0.1, -0.05) is 29.3 Å². The largest absolute Gasteiger partial charge is 0.490 e. The second-order valence-corrected chi connectivity index (χ2v) is 6.57. The minimum absolute atomic E-state index is 0.256. The molecule has 0 aliphatic carbocycles. The molecular weight excluding hydrogens is 403 g/mol. The first-order chi connectivity index (χ1) is 13.4. The van der Waals surface area contributed by atoms with Crippen LogP contribution in [-0.4, -0.2) is 31.6 Å². The second-order valence-electron chi connectivity index (χ2n) is 5.73. The van der Waals surface area contributed by atoms with Crippen LogP contribution in [0.3, 0.4) is 0 Å². The Morgan fingerprint density at radius 2 is 1.64 bits per heavy atom. The van der Waals surface area contributed by atoms with E-state index in [-0.39, 0.29) is 5.02 Å². The highest BCUT2D eigenvalue weighted by Gasteiger charge is 2.15. The zero-order chi connectivity index (χ0) is 20.5. The van der Waals surface area contributed by atoms with Gasteiger partial charge in [-0.2, -0.15) is 0 Å². The van der Waals surface area contributed by atoms with Gasteiger partial charge in [0, 0.05) is 11.6 Å². The Morgan fingerprint density at radius 1 is 0.929 bits per heavy atom. The van der Waals surface area contributed by atoms with Crippen LogP contribution in [0.25, 0.3) is 0 Å². The predicted octanol–water partition coefficient (Wildman–Crippen LogP) is 4.09. The number of hydrogen-bond acceptors (Lipinski definition) is 4. The number of anilines is 1. The van der Waals surface area contributed by atoms with Gasteiger partial charge in [0.2, 0.25) is 0 Å². The maximum Gasteiger partial charge on any atom is 0.313 e. The summed E-state index contributed by atoms with van der Waals surface area (Å²) in [6.45, 7) is 5.16. The third-order valence-corrected chi connectivity index (χ3v) is 4.24. The Labute approximate surface area is 174 Å². The lowest BCUT2D eigenvalue weighted by molar-refractivity contribution is -0.136. The van der Waals surface area contributed by atoms with Crippen LogP contribution in [0.15, 0.2) is 36.4 Å². The fourth-order valence-corrected chi connectivity index (χ4v) is 2.88. The molecule has 0 saturated heterocycles. The number of carbonyl (C=O) groups is 2. The average molecular weight is 425 g/mol. The van der Waals surface area contributed by atoms with Crippen LogP contribution in [0.1, 0.15) is 19.4 Å². The third-order valence-electron chi connectivity index (χ3n) is 3.69. The number of nitrogens with one attached hydrogen (secondary N) is 2. The van der Waals surface area contributed by atoms with E-state index in [4.69, 9.17) is 32.7 Å². The zero-order valence-corrected chi connectivity index (χ0v) is 17.2. The summed E-state index contributed by atoms with van der Waals surface area (Å²) in [6.07, 6.45) is 0.535. The van der Waals surface area contributed by atoms with Gasteiger partial charge in [-0.05, 0) is 56.2 Å². The molecule has 8 heteroatoms. The molecule has 2 amide bonds. The zero-order valence-electron chi connectivity index (χ0n) is 15.7. The van der Waals surface area contributed by atoms with E-state index in [1.54, 1.807) is 6.07 Å². The summed E-state index contributed by atoms with van der Waals surface area (Å²) in [5.41, 5.74) is 1.27. The molecule has 0 aliphatic heterocycles. The van der Waals surface area contributed by atoms with Crippen molar-refractivity contribution in [3.05, 3.63) is 52.0 Å². The number of amides is 2. The summed E-state index contributed by atoms with van der Waals surface area (Å²) in [7, 11) is 0. The highest BCUT2D eigenvalue weighted by molar-refractivity contribution is 6.42. The first kappa shape index (κ1) is 21.9. The molecule has 0 atom stereocenters. The summed E-state index contributed by atoms with van der Waals surface area (Å²) in [5, 5.41) is 5.73. The van der Waals surface area contributed by atoms with Crippen molar-refractivity contribution >= 4 is 40.7 Å². The van der Waals surface area contributed by atoms with Crippen molar-refractivity contribution in [2.75, 3.05) is 25.1 Å². The van der Waals surface area contributed by atoms with Crippen LogP contribution in [0.2, 0.25) is 10.0 Å². The number of rotatable bonds is 8. The molecule has 28 heavy (non-hydrogen) atoms. The van der Waals surface area contributed by atoms with Gasteiger partial charge in [0.15, 0.2) is 11.5 Å². The van der Waals surface area contributed by atoms with Crippen LogP contribution in [0.4, 0.5) is 5.69 Å². The smallest absolute Gasteiger partial charge is 0.313 e. The maximum absolute atomic E-state index is 12.0. The minimum atomic E-state index is -0.800. The lowest BCUT2D eigenvalue weighted by Gasteiger charge is -2.12. The van der Waals surface area contributed by atoms with Gasteiger partial charge in [-0.15, -0.1) is 0 Å². The molecule has 6 nitrogen and oxygen atoms in total. The Hall–Kier alpha value is -2.44. The molecule has 0 saturated carbocycles. The van der Waals surface area contributed by atoms with Crippen molar-refractivity contribution in [3.63, 3.8) is 0 Å². The van der Waals surface area contributed by atoms with Crippen molar-refractivity contribution in [2.24, 2.45) is 0 Å². The first-order valence-corrected chi connectivity index (χ1v) is 9.63. The van der Waals surface area contributed by atoms with Gasteiger partial charge >= 0.3 is 11.8 Å². The molecular formula is C20H22Cl2N2O4. The topological polar surface area (TPSA) is 76.7 Å². The molecule has 2 N–H and O–H groups in total. The molecule has 2 aromatic carbocycles. The number of ether oxygens (including phenoxy) is 2. The predicted molar refractivity (Wildman–Crippen MR) is 111 cm³/mol. The van der Waals surface area contributed by atoms with Crippen molar-refractivity contribution < 1.29 is 19.1 Å². The van der Waals surface area contributed by atoms with Crippen molar-refractivity contribution in [3.8, 4) is 11.5 Å². The lowest BCUT2D eigenvalue weighted by Crippen LogP contribution is -2.36. The normalized spacial score (nSPS) is 10.3. The van der Waals surface area contributed by atoms with Crippen LogP contribution in [0, 0.1) is 0 Å². The Morgan fingerprint density at radius 3 is 2.32 bits per heavy atom. The fraction of sp³-hybridized carbons (Fsp3) is 0.300. The molecule has 0 radical (unpaired) electrons. The molecule has 150 valence electrons. The number of hydrogen-bond donors (Lipinski definition) is 2. The van der Waals surface area contributed by atoms with Crippen molar-refractivity contribution in [1.29, 1.82) is 0 Å². The molecule has 0 heterocycles. The van der Waals surface area contributed by atoms with Gasteiger partial charge < -0.3 is 20.1 Å². The molecule has 2 aromatic rings. The molecule has 0 spiro atoms. The standard InChI is InChI=1S/C20H22Cl2N2O4/c1-3-27-17-8-5-13(11-18(17)28-4-2)9-10-23-19(25)20(26)24-16-7-6-14(21)12-15(16)22/h5-8,11-12H,3-4,9-10H2,1-2H3,(H,23,25)(H,24,26). The third kappa shape index (κ3) is 6.32. The van der Waals surface area contributed by atoms with Gasteiger partial charge in [0.1, 0.15) is 0 Å². The lowest BCUT2D eigenvalue weighted by atomic mass is 10.1. The molecule has 0 unspecified atom stereocenters. The van der Waals surface area contributed by atoms with Gasteiger partial charge in [-0.25, -0.2) is 0 Å². The van der Waals surface area contributed by atoms with Crippen LogP contribution < -0.4 is 20.1 Å². The van der Waals surface area contributed by atoms with E-state index in [0.29, 0.717) is 48.4 Å². The van der Waals surface area contributed by atoms with E-state index in [9.17, 15) is 9.59 Å². The Balaban J connectivity index is 1.88. The molecule has 0 fully saturated rings. The van der Waals surface area contributed by atoms with E-state index < -0.39 is 11.8 Å². The Kier molecular flexibility index (Phi) is 8.42. The van der Waals surface area contributed by atoms with Crippen molar-refractivity contribution in [1.82, 2.24) is 5.32 Å². The fourth-order valence-electron chi connectivity index (χ4n) is 2.42. The van der Waals surface area contributed by atoms with E-state index >= 15 is 0 Å². The van der Waals surface area contributed by atoms with E-state index in [0.717, 1.165) is 5.56 Å². The van der Waals surface area contributed by atoms with Crippen LogP contribution in [0.5, 0.6) is 11.5 Å². The monoisotopic (exact) mass is 424 g/mol. The molecule has 2 rings (SSSR count). The Bertz CT molecular complexity index is 843. The first-order valence-electron chi connectivity index (χ1n) is 8.87. The molecule has 0 aliphatic rings. The maximum atomic E-state index is 12.0. The summed E-state index contributed by atoms with van der Waals surface area (Å²) in [6, 6.07) is 10.2. The van der Waals surface area contributed by atoms with Crippen LogP contribution >= 0.6 is 23.2 Å². The van der Waals surface area contributed by atoms with Gasteiger partial charge in [-0.3, -0.25) is 9.59 Å². The summed E-state index contributed by atoms with van der Waals surface area (Å²) < 4.78 is 11.1. The number of halogens is 2. The molecule has 0 bridgehead atoms. The van der Waals surface area contributed by atoms with Gasteiger partial charge in [0.05, 0.1) is 23.9 Å². The van der Waals surface area contributed by atoms with Gasteiger partial charge in [0.25, 0.3) is 0 Å². The summed E-state index contributed by atoms with van der Waals surface area (Å²) in [4.78, 5) is 24.0. The SMILES string of the molecule is CCOc1ccc(CCNC(=O)C(=O)Nc2ccc(Cl)cc2Cl)cc1OCC. The van der Waals surface area contributed by atoms with E-state index in [2.05, 4.69) is 10.6 Å². The van der Waals surface area contributed by atoms with Crippen LogP contribution in [-0.2, 0) is 16.0 Å². The van der Waals surface area contributed by atoms with E-state index in [1.165, 1.54) is 12.1 Å². The highest BCUT2D eigenvalue weighted by Crippen LogP contribution is 2.28. The summed E-state index contributed by atoms with van der Waals surface area (Å²) >= 11 is 11.8. The molecule has 0 aromatic heterocycles. The van der Waals surface area contributed by atoms with Crippen molar-refractivity contribution in [2.45, 2.75) is 20.3 Å². The quantitative estimate of drug-likeness (QED) is 0.625. The minimum Gasteiger partial charge on any atom is -0.490 e. The summed E-state index contributed by atoms with van der Waals surface area (Å²) in [5.74, 6) is -0.215. The average Bonchev–Trinajstić information content (AvgIpc) is 2.66.